The number of hydrogen-bond acceptors (Lipinski definition) is 4. The fourth-order valence-electron chi connectivity index (χ4n) is 1.65. The molecule has 0 spiro atoms. The maximum Gasteiger partial charge on any atom is 0.325 e. The van der Waals surface area contributed by atoms with Crippen molar-refractivity contribution in [3.05, 3.63) is 29.8 Å². The summed E-state index contributed by atoms with van der Waals surface area (Å²) in [5.74, 6) is -1.05. The summed E-state index contributed by atoms with van der Waals surface area (Å²) in [5.41, 5.74) is 0.498. The Morgan fingerprint density at radius 1 is 1.19 bits per heavy atom. The lowest BCUT2D eigenvalue weighted by molar-refractivity contribution is -0.141. The molecule has 114 valence electrons. The molecule has 21 heavy (non-hydrogen) atoms. The minimum Gasteiger partial charge on any atom is -0.494 e. The third-order valence-corrected chi connectivity index (χ3v) is 2.81. The van der Waals surface area contributed by atoms with Gasteiger partial charge in [0.25, 0.3) is 0 Å². The topological polar surface area (TPSA) is 92.7 Å². The van der Waals surface area contributed by atoms with Crippen molar-refractivity contribution >= 4 is 17.7 Å². The van der Waals surface area contributed by atoms with Crippen LogP contribution in [-0.4, -0.2) is 35.4 Å². The number of hydrogen-bond donors (Lipinski definition) is 2. The van der Waals surface area contributed by atoms with Crippen LogP contribution in [0.1, 0.15) is 37.0 Å². The molecule has 1 rings (SSSR count). The summed E-state index contributed by atoms with van der Waals surface area (Å²) < 4.78 is 5.27. The first-order chi connectivity index (χ1) is 9.93. The van der Waals surface area contributed by atoms with Gasteiger partial charge in [0.2, 0.25) is 5.91 Å². The van der Waals surface area contributed by atoms with E-state index in [1.54, 1.807) is 24.3 Å². The molecule has 0 heterocycles. The van der Waals surface area contributed by atoms with E-state index in [0.717, 1.165) is 0 Å². The molecular formula is C15H19NO5. The van der Waals surface area contributed by atoms with Gasteiger partial charge in [-0.2, -0.15) is 0 Å². The lowest BCUT2D eigenvalue weighted by atomic mass is 10.1. The van der Waals surface area contributed by atoms with Gasteiger partial charge in [-0.25, -0.2) is 0 Å². The number of carbonyl (C=O) groups excluding carboxylic acids is 2. The van der Waals surface area contributed by atoms with E-state index < -0.39 is 17.9 Å². The Morgan fingerprint density at radius 3 is 2.33 bits per heavy atom. The molecule has 0 aliphatic carbocycles. The molecule has 6 nitrogen and oxygen atoms in total. The van der Waals surface area contributed by atoms with Crippen LogP contribution in [0, 0.1) is 0 Å². The highest BCUT2D eigenvalue weighted by Crippen LogP contribution is 2.14. The van der Waals surface area contributed by atoms with Crippen molar-refractivity contribution in [2.24, 2.45) is 0 Å². The molecule has 0 aliphatic heterocycles. The molecule has 0 bridgehead atoms. The molecule has 1 aromatic carbocycles. The number of benzene rings is 1. The zero-order valence-corrected chi connectivity index (χ0v) is 12.1. The summed E-state index contributed by atoms with van der Waals surface area (Å²) in [6.07, 6.45) is -0.00415. The smallest absolute Gasteiger partial charge is 0.325 e. The van der Waals surface area contributed by atoms with Gasteiger partial charge >= 0.3 is 5.97 Å². The second-order valence-electron chi connectivity index (χ2n) is 4.51. The predicted octanol–water partition coefficient (Wildman–Crippen LogP) is 1.64. The highest BCUT2D eigenvalue weighted by molar-refractivity contribution is 5.98. The lowest BCUT2D eigenvalue weighted by Crippen LogP contribution is -2.38. The molecule has 0 saturated carbocycles. The number of carbonyl (C=O) groups is 3. The van der Waals surface area contributed by atoms with Crippen LogP contribution in [0.25, 0.3) is 0 Å². The quantitative estimate of drug-likeness (QED) is 0.711. The first-order valence-corrected chi connectivity index (χ1v) is 6.72. The fraction of sp³-hybridized carbons (Fsp3) is 0.400. The molecule has 0 radical (unpaired) electrons. The average molecular weight is 293 g/mol. The van der Waals surface area contributed by atoms with Crippen molar-refractivity contribution in [3.63, 3.8) is 0 Å². The van der Waals surface area contributed by atoms with Crippen molar-refractivity contribution in [2.45, 2.75) is 32.7 Å². The van der Waals surface area contributed by atoms with E-state index in [2.05, 4.69) is 5.32 Å². The summed E-state index contributed by atoms with van der Waals surface area (Å²) in [5, 5.41) is 11.0. The molecule has 1 amide bonds. The highest BCUT2D eigenvalue weighted by atomic mass is 16.5. The van der Waals surface area contributed by atoms with Crippen molar-refractivity contribution in [2.75, 3.05) is 6.61 Å². The Bertz CT molecular complexity index is 509. The number of rotatable bonds is 8. The highest BCUT2D eigenvalue weighted by Gasteiger charge is 2.15. The monoisotopic (exact) mass is 293 g/mol. The van der Waals surface area contributed by atoms with Crippen LogP contribution in [0.3, 0.4) is 0 Å². The number of carboxylic acid groups (broad SMARTS) is 1. The van der Waals surface area contributed by atoms with E-state index in [1.165, 1.54) is 6.92 Å². The summed E-state index contributed by atoms with van der Waals surface area (Å²) >= 11 is 0. The minimum absolute atomic E-state index is 0.0339. The first-order valence-electron chi connectivity index (χ1n) is 6.72. The summed E-state index contributed by atoms with van der Waals surface area (Å²) in [7, 11) is 0. The number of ketones is 1. The number of Topliss-reactive ketones (excluding diaryl/α,β-unsaturated/α-hetero) is 1. The molecule has 0 unspecified atom stereocenters. The third-order valence-electron chi connectivity index (χ3n) is 2.81. The maximum atomic E-state index is 11.9. The van der Waals surface area contributed by atoms with Gasteiger partial charge in [-0.15, -0.1) is 0 Å². The largest absolute Gasteiger partial charge is 0.494 e. The maximum absolute atomic E-state index is 11.9. The van der Waals surface area contributed by atoms with Gasteiger partial charge in [0.05, 0.1) is 6.61 Å². The second kappa shape index (κ2) is 8.04. The van der Waals surface area contributed by atoms with Crippen molar-refractivity contribution < 1.29 is 24.2 Å². The Kier molecular flexibility index (Phi) is 6.39. The van der Waals surface area contributed by atoms with Gasteiger partial charge in [0.15, 0.2) is 5.78 Å². The molecule has 0 fully saturated rings. The van der Waals surface area contributed by atoms with E-state index in [9.17, 15) is 14.4 Å². The van der Waals surface area contributed by atoms with Gasteiger partial charge in [-0.1, -0.05) is 0 Å². The first kappa shape index (κ1) is 16.7. The summed E-state index contributed by atoms with van der Waals surface area (Å²) in [6.45, 7) is 3.79. The van der Waals surface area contributed by atoms with Crippen LogP contribution in [-0.2, 0) is 9.59 Å². The van der Waals surface area contributed by atoms with Crippen LogP contribution in [0.2, 0.25) is 0 Å². The Labute approximate surface area is 123 Å². The van der Waals surface area contributed by atoms with Crippen molar-refractivity contribution in [3.8, 4) is 5.75 Å². The number of nitrogens with one attached hydrogen (secondary N) is 1. The average Bonchev–Trinajstić information content (AvgIpc) is 2.45. The summed E-state index contributed by atoms with van der Waals surface area (Å²) in [4.78, 5) is 34.0. The molecule has 2 N–H and O–H groups in total. The molecule has 1 atom stereocenters. The predicted molar refractivity (Wildman–Crippen MR) is 76.4 cm³/mol. The van der Waals surface area contributed by atoms with Crippen molar-refractivity contribution in [1.29, 1.82) is 0 Å². The van der Waals surface area contributed by atoms with Crippen molar-refractivity contribution in [1.82, 2.24) is 5.32 Å². The molecule has 0 saturated heterocycles. The van der Waals surface area contributed by atoms with Gasteiger partial charge in [-0.3, -0.25) is 14.4 Å². The van der Waals surface area contributed by atoms with Crippen LogP contribution >= 0.6 is 0 Å². The second-order valence-corrected chi connectivity index (χ2v) is 4.51. The third kappa shape index (κ3) is 5.64. The van der Waals surface area contributed by atoms with E-state index in [4.69, 9.17) is 9.84 Å². The molecule has 0 aromatic heterocycles. The number of aliphatic carboxylic acids is 1. The Balaban J connectivity index is 2.46. The van der Waals surface area contributed by atoms with E-state index in [1.807, 2.05) is 6.92 Å². The molecule has 1 aromatic rings. The lowest BCUT2D eigenvalue weighted by Gasteiger charge is -2.09. The Morgan fingerprint density at radius 2 is 1.81 bits per heavy atom. The molecular weight excluding hydrogens is 274 g/mol. The van der Waals surface area contributed by atoms with Gasteiger partial charge in [0.1, 0.15) is 11.8 Å². The molecule has 0 aliphatic rings. The number of ether oxygens (including phenoxy) is 1. The van der Waals surface area contributed by atoms with Crippen LogP contribution in [0.4, 0.5) is 0 Å². The SMILES string of the molecule is CCOc1ccc(C(=O)CCC(=O)N[C@H](C)C(=O)O)cc1. The standard InChI is InChI=1S/C15H19NO5/c1-3-21-12-6-4-11(5-7-12)13(17)8-9-14(18)16-10(2)15(19)20/h4-7,10H,3,8-9H2,1-2H3,(H,16,18)(H,19,20)/t10-/m1/s1. The van der Waals surface area contributed by atoms with Gasteiger partial charge < -0.3 is 15.2 Å². The number of amides is 1. The van der Waals surface area contributed by atoms with E-state index in [-0.39, 0.29) is 18.6 Å². The number of carboxylic acids is 1. The molecule has 6 heteroatoms. The van der Waals surface area contributed by atoms with Crippen LogP contribution < -0.4 is 10.1 Å². The summed E-state index contributed by atoms with van der Waals surface area (Å²) in [6, 6.07) is 5.72. The van der Waals surface area contributed by atoms with Crippen LogP contribution in [0.5, 0.6) is 5.75 Å². The van der Waals surface area contributed by atoms with E-state index in [0.29, 0.717) is 17.9 Å². The van der Waals surface area contributed by atoms with Gasteiger partial charge in [0, 0.05) is 18.4 Å². The van der Waals surface area contributed by atoms with E-state index >= 15 is 0 Å². The van der Waals surface area contributed by atoms with Gasteiger partial charge in [-0.05, 0) is 38.1 Å². The van der Waals surface area contributed by atoms with Crippen LogP contribution in [0.15, 0.2) is 24.3 Å². The Hall–Kier alpha value is -2.37. The zero-order chi connectivity index (χ0) is 15.8. The zero-order valence-electron chi connectivity index (χ0n) is 12.1. The fourth-order valence-corrected chi connectivity index (χ4v) is 1.65. The normalized spacial score (nSPS) is 11.5. The minimum atomic E-state index is -1.11.